The minimum atomic E-state index is 0.194. The van der Waals surface area contributed by atoms with Crippen LogP contribution < -0.4 is 10.6 Å². The van der Waals surface area contributed by atoms with Gasteiger partial charge in [-0.2, -0.15) is 0 Å². The van der Waals surface area contributed by atoms with E-state index in [1.807, 2.05) is 13.0 Å². The predicted octanol–water partition coefficient (Wildman–Crippen LogP) is 2.33. The molecule has 2 fully saturated rings. The smallest absolute Gasteiger partial charge is 0.134 e. The molecule has 2 N–H and O–H groups in total. The minimum Gasteiger partial charge on any atom is -0.367 e. The highest BCUT2D eigenvalue weighted by atomic mass is 16.5. The van der Waals surface area contributed by atoms with E-state index in [1.165, 1.54) is 5.56 Å². The topological polar surface area (TPSA) is 59.1 Å². The van der Waals surface area contributed by atoms with Crippen LogP contribution in [-0.2, 0) is 4.74 Å². The number of nitrogens with one attached hydrogen (secondary N) is 2. The standard InChI is InChI=1S/C16H18N4O/c1-10-17-7-6-15(19-10)20-12-4-2-11(3-5-12)16-14-8-13(21-16)9-18-14/h2-7,13-14,16,18H,8-9H2,1H3,(H,17,19,20)/t13-,14-,16+/m1/s1. The molecule has 2 aliphatic heterocycles. The van der Waals surface area contributed by atoms with E-state index in [2.05, 4.69) is 44.9 Å². The van der Waals surface area contributed by atoms with Gasteiger partial charge in [0.1, 0.15) is 11.6 Å². The fourth-order valence-electron chi connectivity index (χ4n) is 3.11. The van der Waals surface area contributed by atoms with Gasteiger partial charge in [-0.3, -0.25) is 0 Å². The average Bonchev–Trinajstić information content (AvgIpc) is 3.11. The maximum Gasteiger partial charge on any atom is 0.134 e. The second-order valence-electron chi connectivity index (χ2n) is 5.67. The zero-order valence-corrected chi connectivity index (χ0v) is 11.9. The Labute approximate surface area is 123 Å². The van der Waals surface area contributed by atoms with Gasteiger partial charge in [-0.05, 0) is 37.1 Å². The molecule has 0 radical (unpaired) electrons. The molecular formula is C16H18N4O. The van der Waals surface area contributed by atoms with Gasteiger partial charge in [-0.1, -0.05) is 12.1 Å². The van der Waals surface area contributed by atoms with E-state index in [1.54, 1.807) is 6.20 Å². The Morgan fingerprint density at radius 1 is 1.24 bits per heavy atom. The van der Waals surface area contributed by atoms with E-state index in [0.717, 1.165) is 30.3 Å². The summed E-state index contributed by atoms with van der Waals surface area (Å²) in [6.07, 6.45) is 3.47. The Morgan fingerprint density at radius 2 is 2.10 bits per heavy atom. The largest absolute Gasteiger partial charge is 0.367 e. The summed E-state index contributed by atoms with van der Waals surface area (Å²) >= 11 is 0. The van der Waals surface area contributed by atoms with Crippen LogP contribution in [0.15, 0.2) is 36.5 Å². The molecule has 0 unspecified atom stereocenters. The Hall–Kier alpha value is -1.98. The molecule has 0 amide bonds. The first-order valence-corrected chi connectivity index (χ1v) is 7.33. The first kappa shape index (κ1) is 12.7. The molecule has 5 nitrogen and oxygen atoms in total. The number of benzene rings is 1. The van der Waals surface area contributed by atoms with Crippen molar-refractivity contribution < 1.29 is 4.74 Å². The highest BCUT2D eigenvalue weighted by molar-refractivity contribution is 5.56. The number of hydrogen-bond donors (Lipinski definition) is 2. The Kier molecular flexibility index (Phi) is 3.09. The van der Waals surface area contributed by atoms with Gasteiger partial charge in [0.15, 0.2) is 0 Å². The Balaban J connectivity index is 1.49. The first-order valence-electron chi connectivity index (χ1n) is 7.33. The number of fused-ring (bicyclic) bond motifs is 2. The normalized spacial score (nSPS) is 27.0. The van der Waals surface area contributed by atoms with Crippen molar-refractivity contribution in [3.8, 4) is 0 Å². The van der Waals surface area contributed by atoms with E-state index in [-0.39, 0.29) is 6.10 Å². The van der Waals surface area contributed by atoms with Crippen molar-refractivity contribution in [2.24, 2.45) is 0 Å². The SMILES string of the molecule is Cc1nccc(Nc2ccc([C@@H]3O[C@H]4CN[C@@H]3C4)cc2)n1. The van der Waals surface area contributed by atoms with Gasteiger partial charge in [-0.15, -0.1) is 0 Å². The predicted molar refractivity (Wildman–Crippen MR) is 80.5 cm³/mol. The maximum atomic E-state index is 6.02. The second-order valence-corrected chi connectivity index (χ2v) is 5.67. The highest BCUT2D eigenvalue weighted by Gasteiger charge is 2.41. The number of nitrogens with zero attached hydrogens (tertiary/aromatic N) is 2. The van der Waals surface area contributed by atoms with Crippen LogP contribution in [0.4, 0.5) is 11.5 Å². The molecule has 1 aromatic heterocycles. The third kappa shape index (κ3) is 2.50. The third-order valence-electron chi connectivity index (χ3n) is 4.12. The zero-order chi connectivity index (χ0) is 14.2. The molecule has 0 saturated carbocycles. The summed E-state index contributed by atoms with van der Waals surface area (Å²) in [6, 6.07) is 10.7. The van der Waals surface area contributed by atoms with Crippen LogP contribution in [0.25, 0.3) is 0 Å². The zero-order valence-electron chi connectivity index (χ0n) is 11.9. The molecule has 2 bridgehead atoms. The van der Waals surface area contributed by atoms with Gasteiger partial charge in [-0.25, -0.2) is 9.97 Å². The number of morpholine rings is 1. The van der Waals surface area contributed by atoms with Crippen molar-refractivity contribution in [3.63, 3.8) is 0 Å². The minimum absolute atomic E-state index is 0.194. The molecule has 2 saturated heterocycles. The lowest BCUT2D eigenvalue weighted by Gasteiger charge is -2.23. The fourth-order valence-corrected chi connectivity index (χ4v) is 3.11. The van der Waals surface area contributed by atoms with E-state index in [4.69, 9.17) is 4.74 Å². The molecule has 0 spiro atoms. The van der Waals surface area contributed by atoms with Crippen molar-refractivity contribution >= 4 is 11.5 Å². The maximum absolute atomic E-state index is 6.02. The van der Waals surface area contributed by atoms with Gasteiger partial charge in [0.25, 0.3) is 0 Å². The molecule has 21 heavy (non-hydrogen) atoms. The Bertz CT molecular complexity index is 643. The van der Waals surface area contributed by atoms with Crippen molar-refractivity contribution in [2.45, 2.75) is 31.6 Å². The molecule has 4 rings (SSSR count). The summed E-state index contributed by atoms with van der Waals surface area (Å²) in [5.74, 6) is 1.58. The summed E-state index contributed by atoms with van der Waals surface area (Å²) in [5, 5.41) is 6.80. The van der Waals surface area contributed by atoms with E-state index in [0.29, 0.717) is 12.1 Å². The third-order valence-corrected chi connectivity index (χ3v) is 4.12. The number of aromatic nitrogens is 2. The number of rotatable bonds is 3. The van der Waals surface area contributed by atoms with Crippen LogP contribution in [0.3, 0.4) is 0 Å². The molecule has 2 aliphatic rings. The molecule has 3 heterocycles. The van der Waals surface area contributed by atoms with Gasteiger partial charge < -0.3 is 15.4 Å². The highest BCUT2D eigenvalue weighted by Crippen LogP contribution is 2.37. The van der Waals surface area contributed by atoms with Crippen LogP contribution in [0, 0.1) is 6.92 Å². The summed E-state index contributed by atoms with van der Waals surface area (Å²) in [7, 11) is 0. The lowest BCUT2D eigenvalue weighted by Crippen LogP contribution is -2.33. The van der Waals surface area contributed by atoms with Crippen molar-refractivity contribution in [1.29, 1.82) is 0 Å². The summed E-state index contributed by atoms with van der Waals surface area (Å²) in [6.45, 7) is 2.88. The number of ether oxygens (including phenoxy) is 1. The van der Waals surface area contributed by atoms with Gasteiger partial charge in [0, 0.05) is 24.5 Å². The van der Waals surface area contributed by atoms with E-state index >= 15 is 0 Å². The average molecular weight is 282 g/mol. The lowest BCUT2D eigenvalue weighted by atomic mass is 10.0. The number of hydrogen-bond acceptors (Lipinski definition) is 5. The van der Waals surface area contributed by atoms with Crippen LogP contribution in [0.2, 0.25) is 0 Å². The van der Waals surface area contributed by atoms with Crippen LogP contribution in [-0.4, -0.2) is 28.7 Å². The van der Waals surface area contributed by atoms with E-state index < -0.39 is 0 Å². The second kappa shape index (κ2) is 5.09. The first-order chi connectivity index (χ1) is 10.3. The van der Waals surface area contributed by atoms with Crippen LogP contribution in [0.5, 0.6) is 0 Å². The van der Waals surface area contributed by atoms with Crippen molar-refractivity contribution in [3.05, 3.63) is 47.9 Å². The molecule has 2 aromatic rings. The molecule has 108 valence electrons. The molecule has 5 heteroatoms. The van der Waals surface area contributed by atoms with Crippen molar-refractivity contribution in [1.82, 2.24) is 15.3 Å². The number of aryl methyl sites for hydroxylation is 1. The van der Waals surface area contributed by atoms with Crippen molar-refractivity contribution in [2.75, 3.05) is 11.9 Å². The number of anilines is 2. The van der Waals surface area contributed by atoms with Crippen LogP contribution >= 0.6 is 0 Å². The molecule has 3 atom stereocenters. The summed E-state index contributed by atoms with van der Waals surface area (Å²) in [5.41, 5.74) is 2.26. The van der Waals surface area contributed by atoms with Gasteiger partial charge >= 0.3 is 0 Å². The van der Waals surface area contributed by atoms with Gasteiger partial charge in [0.05, 0.1) is 12.2 Å². The molecule has 0 aliphatic carbocycles. The lowest BCUT2D eigenvalue weighted by molar-refractivity contribution is 0.0160. The molecular weight excluding hydrogens is 264 g/mol. The summed E-state index contributed by atoms with van der Waals surface area (Å²) < 4.78 is 6.02. The quantitative estimate of drug-likeness (QED) is 0.905. The molecule has 1 aromatic carbocycles. The summed E-state index contributed by atoms with van der Waals surface area (Å²) in [4.78, 5) is 8.44. The van der Waals surface area contributed by atoms with E-state index in [9.17, 15) is 0 Å². The fraction of sp³-hybridized carbons (Fsp3) is 0.375. The van der Waals surface area contributed by atoms with Gasteiger partial charge in [0.2, 0.25) is 0 Å². The van der Waals surface area contributed by atoms with Crippen LogP contribution in [0.1, 0.15) is 23.9 Å². The Morgan fingerprint density at radius 3 is 2.76 bits per heavy atom. The monoisotopic (exact) mass is 282 g/mol.